The van der Waals surface area contributed by atoms with Crippen LogP contribution in [0.4, 0.5) is 0 Å². The monoisotopic (exact) mass is 427 g/mol. The van der Waals surface area contributed by atoms with E-state index in [0.29, 0.717) is 17.2 Å². The van der Waals surface area contributed by atoms with Crippen LogP contribution in [0.3, 0.4) is 0 Å². The maximum absolute atomic E-state index is 13.4. The number of allylic oxidation sites excluding steroid dienone is 1. The molecule has 0 aromatic heterocycles. The minimum Gasteiger partial charge on any atom is -0.371 e. The van der Waals surface area contributed by atoms with Gasteiger partial charge in [-0.05, 0) is 81.6 Å². The van der Waals surface area contributed by atoms with E-state index in [0.717, 1.165) is 56.4 Å². The van der Waals surface area contributed by atoms with Crippen LogP contribution in [0, 0.1) is 35.0 Å². The second kappa shape index (κ2) is 8.72. The van der Waals surface area contributed by atoms with Gasteiger partial charge in [0.1, 0.15) is 0 Å². The predicted octanol–water partition coefficient (Wildman–Crippen LogP) is 4.67. The van der Waals surface area contributed by atoms with Gasteiger partial charge in [-0.25, -0.2) is 0 Å². The second-order valence-electron chi connectivity index (χ2n) is 12.0. The Morgan fingerprint density at radius 3 is 2.32 bits per heavy atom. The highest BCUT2D eigenvalue weighted by Gasteiger charge is 2.44. The molecule has 0 aromatic rings. The minimum atomic E-state index is 0.255. The largest absolute Gasteiger partial charge is 0.371 e. The maximum Gasteiger partial charge on any atom is 0.226 e. The van der Waals surface area contributed by atoms with E-state index in [9.17, 15) is 4.79 Å². The zero-order valence-corrected chi connectivity index (χ0v) is 20.1. The second-order valence-corrected chi connectivity index (χ2v) is 12.0. The van der Waals surface area contributed by atoms with Crippen LogP contribution in [-0.2, 0) is 4.79 Å². The van der Waals surface area contributed by atoms with Gasteiger partial charge in [0.2, 0.25) is 5.91 Å². The van der Waals surface area contributed by atoms with Crippen LogP contribution < -0.4 is 5.32 Å². The molecule has 5 fully saturated rings. The lowest BCUT2D eigenvalue weighted by atomic mass is 9.65. The summed E-state index contributed by atoms with van der Waals surface area (Å²) in [6, 6.07) is 0.803. The van der Waals surface area contributed by atoms with Crippen molar-refractivity contribution in [2.24, 2.45) is 35.0 Å². The summed E-state index contributed by atoms with van der Waals surface area (Å²) in [6.45, 7) is 14.0. The summed E-state index contributed by atoms with van der Waals surface area (Å²) in [7, 11) is 0. The lowest BCUT2D eigenvalue weighted by Crippen LogP contribution is -2.52. The lowest BCUT2D eigenvalue weighted by molar-refractivity contribution is -0.140. The zero-order valence-electron chi connectivity index (χ0n) is 20.1. The molecule has 0 radical (unpaired) electrons. The van der Waals surface area contributed by atoms with Gasteiger partial charge in [0.15, 0.2) is 0 Å². The first-order valence-electron chi connectivity index (χ1n) is 13.4. The number of piperidine rings is 1. The average Bonchev–Trinajstić information content (AvgIpc) is 3.56. The molecule has 31 heavy (non-hydrogen) atoms. The number of piperazine rings is 1. The Morgan fingerprint density at radius 2 is 1.61 bits per heavy atom. The SMILES string of the molecule is C=C(N1CCN(C(=O)C2CCC(C3CNC4CCCCC4C3)CC2C)CC1)C1(C)CC1. The number of nitrogens with zero attached hydrogens (tertiary/aromatic N) is 2. The fourth-order valence-electron chi connectivity index (χ4n) is 7.41. The standard InChI is InChI=1S/C27H45N3O/c1-19-16-21(23-17-22-6-4-5-7-25(22)28-18-23)8-9-24(19)26(31)30-14-12-29(13-15-30)20(2)27(3)10-11-27/h19,21-25,28H,2,4-18H2,1,3H3. The normalized spacial score (nSPS) is 40.2. The molecular weight excluding hydrogens is 382 g/mol. The quantitative estimate of drug-likeness (QED) is 0.708. The number of carbonyl (C=O) groups excluding carboxylic acids is 1. The maximum atomic E-state index is 13.4. The van der Waals surface area contributed by atoms with Gasteiger partial charge >= 0.3 is 0 Å². The molecule has 5 aliphatic rings. The van der Waals surface area contributed by atoms with Gasteiger partial charge in [0.05, 0.1) is 0 Å². The Labute approximate surface area is 190 Å². The lowest BCUT2D eigenvalue weighted by Gasteiger charge is -2.46. The summed E-state index contributed by atoms with van der Waals surface area (Å²) in [6.07, 6.45) is 13.3. The summed E-state index contributed by atoms with van der Waals surface area (Å²) in [5, 5.41) is 3.91. The third-order valence-electron chi connectivity index (χ3n) is 10.0. The molecule has 4 nitrogen and oxygen atoms in total. The Kier molecular flexibility index (Phi) is 6.13. The zero-order chi connectivity index (χ0) is 21.6. The molecule has 1 amide bonds. The van der Waals surface area contributed by atoms with Crippen LogP contribution >= 0.6 is 0 Å². The van der Waals surface area contributed by atoms with Crippen molar-refractivity contribution in [2.45, 2.75) is 84.1 Å². The minimum absolute atomic E-state index is 0.255. The van der Waals surface area contributed by atoms with E-state index in [-0.39, 0.29) is 5.92 Å². The molecule has 3 saturated carbocycles. The van der Waals surface area contributed by atoms with Gasteiger partial charge in [0, 0.05) is 49.3 Å². The van der Waals surface area contributed by atoms with E-state index in [4.69, 9.17) is 0 Å². The molecule has 0 aromatic carbocycles. The Bertz CT molecular complexity index is 678. The van der Waals surface area contributed by atoms with Gasteiger partial charge < -0.3 is 15.1 Å². The molecule has 1 N–H and O–H groups in total. The highest BCUT2D eigenvalue weighted by molar-refractivity contribution is 5.79. The van der Waals surface area contributed by atoms with Crippen molar-refractivity contribution in [3.05, 3.63) is 12.3 Å². The smallest absolute Gasteiger partial charge is 0.226 e. The Hall–Kier alpha value is -1.03. The van der Waals surface area contributed by atoms with E-state index in [1.54, 1.807) is 0 Å². The first kappa shape index (κ1) is 21.8. The molecule has 174 valence electrons. The van der Waals surface area contributed by atoms with E-state index in [2.05, 4.69) is 35.5 Å². The van der Waals surface area contributed by atoms with Crippen LogP contribution in [0.2, 0.25) is 0 Å². The Morgan fingerprint density at radius 1 is 0.903 bits per heavy atom. The molecule has 6 unspecified atom stereocenters. The number of carbonyl (C=O) groups is 1. The Balaban J connectivity index is 1.11. The molecular formula is C27H45N3O. The number of nitrogens with one attached hydrogen (secondary N) is 1. The third kappa shape index (κ3) is 4.43. The molecule has 2 aliphatic heterocycles. The molecule has 3 aliphatic carbocycles. The summed E-state index contributed by atoms with van der Waals surface area (Å²) in [5.74, 6) is 3.83. The van der Waals surface area contributed by atoms with Crippen molar-refractivity contribution >= 4 is 5.91 Å². The van der Waals surface area contributed by atoms with Crippen molar-refractivity contribution < 1.29 is 4.79 Å². The van der Waals surface area contributed by atoms with Crippen molar-refractivity contribution in [1.29, 1.82) is 0 Å². The third-order valence-corrected chi connectivity index (χ3v) is 10.0. The molecule has 4 heteroatoms. The summed E-state index contributed by atoms with van der Waals surface area (Å²) >= 11 is 0. The first-order chi connectivity index (χ1) is 14.9. The van der Waals surface area contributed by atoms with Crippen molar-refractivity contribution in [1.82, 2.24) is 15.1 Å². The molecule has 2 heterocycles. The van der Waals surface area contributed by atoms with Crippen LogP contribution in [0.25, 0.3) is 0 Å². The fourth-order valence-corrected chi connectivity index (χ4v) is 7.41. The van der Waals surface area contributed by atoms with Crippen LogP contribution in [0.1, 0.15) is 78.1 Å². The molecule has 0 bridgehead atoms. The highest BCUT2D eigenvalue weighted by Crippen LogP contribution is 2.51. The molecule has 2 saturated heterocycles. The van der Waals surface area contributed by atoms with Crippen molar-refractivity contribution in [3.63, 3.8) is 0 Å². The number of hydrogen-bond donors (Lipinski definition) is 1. The summed E-state index contributed by atoms with van der Waals surface area (Å²) in [4.78, 5) is 18.0. The van der Waals surface area contributed by atoms with Gasteiger partial charge in [-0.2, -0.15) is 0 Å². The molecule has 5 rings (SSSR count). The number of fused-ring (bicyclic) bond motifs is 1. The predicted molar refractivity (Wildman–Crippen MR) is 126 cm³/mol. The average molecular weight is 428 g/mol. The van der Waals surface area contributed by atoms with E-state index in [1.807, 2.05) is 0 Å². The number of rotatable bonds is 4. The van der Waals surface area contributed by atoms with E-state index in [1.165, 1.54) is 70.0 Å². The molecule has 6 atom stereocenters. The summed E-state index contributed by atoms with van der Waals surface area (Å²) < 4.78 is 0. The number of amides is 1. The first-order valence-corrected chi connectivity index (χ1v) is 13.4. The van der Waals surface area contributed by atoms with Gasteiger partial charge in [-0.1, -0.05) is 33.3 Å². The van der Waals surface area contributed by atoms with Gasteiger partial charge in [-0.3, -0.25) is 4.79 Å². The van der Waals surface area contributed by atoms with Crippen LogP contribution in [0.15, 0.2) is 12.3 Å². The van der Waals surface area contributed by atoms with Gasteiger partial charge in [-0.15, -0.1) is 0 Å². The topological polar surface area (TPSA) is 35.6 Å². The number of hydrogen-bond acceptors (Lipinski definition) is 3. The van der Waals surface area contributed by atoms with Crippen molar-refractivity contribution in [2.75, 3.05) is 32.7 Å². The summed E-state index contributed by atoms with van der Waals surface area (Å²) in [5.41, 5.74) is 1.67. The molecule has 0 spiro atoms. The van der Waals surface area contributed by atoms with E-state index < -0.39 is 0 Å². The van der Waals surface area contributed by atoms with Crippen molar-refractivity contribution in [3.8, 4) is 0 Å². The van der Waals surface area contributed by atoms with Crippen LogP contribution in [-0.4, -0.2) is 54.5 Å². The highest BCUT2D eigenvalue weighted by atomic mass is 16.2. The van der Waals surface area contributed by atoms with Crippen LogP contribution in [0.5, 0.6) is 0 Å². The fraction of sp³-hybridized carbons (Fsp3) is 0.889. The van der Waals surface area contributed by atoms with Gasteiger partial charge in [0.25, 0.3) is 0 Å². The van der Waals surface area contributed by atoms with E-state index >= 15 is 0 Å².